The largest absolute Gasteiger partial charge is 0.388 e. The van der Waals surface area contributed by atoms with Crippen LogP contribution >= 0.6 is 0 Å². The van der Waals surface area contributed by atoms with Gasteiger partial charge in [-0.2, -0.15) is 0 Å². The van der Waals surface area contributed by atoms with Gasteiger partial charge in [-0.25, -0.2) is 13.8 Å². The first-order valence-electron chi connectivity index (χ1n) is 5.54. The molecule has 0 aliphatic heterocycles. The number of hydrogen-bond acceptors (Lipinski definition) is 3. The minimum atomic E-state index is -2.59. The standard InChI is InChI=1S/C13H14F2N2O/c1-16-10-6-11(13(14)15)17-12-8(7-18-2)4-3-5-9(10)12/h3-6,13H,7H2,1-2H3,(H,16,17). The number of pyridine rings is 1. The van der Waals surface area contributed by atoms with Gasteiger partial charge in [-0.1, -0.05) is 18.2 Å². The minimum Gasteiger partial charge on any atom is -0.388 e. The molecule has 3 nitrogen and oxygen atoms in total. The first-order valence-corrected chi connectivity index (χ1v) is 5.54. The molecule has 1 aromatic heterocycles. The van der Waals surface area contributed by atoms with Gasteiger partial charge in [0.1, 0.15) is 5.69 Å². The van der Waals surface area contributed by atoms with E-state index in [-0.39, 0.29) is 5.69 Å². The monoisotopic (exact) mass is 252 g/mol. The van der Waals surface area contributed by atoms with E-state index in [0.717, 1.165) is 10.9 Å². The molecule has 0 unspecified atom stereocenters. The third-order valence-electron chi connectivity index (χ3n) is 2.74. The number of benzene rings is 1. The number of para-hydroxylation sites is 1. The number of nitrogens with zero attached hydrogens (tertiary/aromatic N) is 1. The summed E-state index contributed by atoms with van der Waals surface area (Å²) in [5, 5.41) is 3.74. The summed E-state index contributed by atoms with van der Waals surface area (Å²) in [5.74, 6) is 0. The van der Waals surface area contributed by atoms with E-state index in [2.05, 4.69) is 10.3 Å². The zero-order chi connectivity index (χ0) is 13.1. The SMILES string of the molecule is CNc1cc(C(F)F)nc2c(COC)cccc12. The highest BCUT2D eigenvalue weighted by molar-refractivity contribution is 5.93. The molecule has 0 atom stereocenters. The molecule has 1 heterocycles. The Kier molecular flexibility index (Phi) is 3.72. The quantitative estimate of drug-likeness (QED) is 0.906. The topological polar surface area (TPSA) is 34.2 Å². The molecule has 2 aromatic rings. The van der Waals surface area contributed by atoms with E-state index in [1.807, 2.05) is 18.2 Å². The highest BCUT2D eigenvalue weighted by atomic mass is 19.3. The fourth-order valence-corrected chi connectivity index (χ4v) is 1.92. The Morgan fingerprint density at radius 2 is 2.17 bits per heavy atom. The molecule has 5 heteroatoms. The zero-order valence-electron chi connectivity index (χ0n) is 10.2. The van der Waals surface area contributed by atoms with Gasteiger partial charge in [0.2, 0.25) is 0 Å². The van der Waals surface area contributed by atoms with Crippen molar-refractivity contribution in [2.24, 2.45) is 0 Å². The van der Waals surface area contributed by atoms with Crippen LogP contribution in [0.4, 0.5) is 14.5 Å². The number of aromatic nitrogens is 1. The number of hydrogen-bond donors (Lipinski definition) is 1. The number of anilines is 1. The Balaban J connectivity index is 2.71. The zero-order valence-corrected chi connectivity index (χ0v) is 10.2. The summed E-state index contributed by atoms with van der Waals surface area (Å²) in [6, 6.07) is 6.92. The van der Waals surface area contributed by atoms with E-state index >= 15 is 0 Å². The molecule has 0 fully saturated rings. The second-order valence-electron chi connectivity index (χ2n) is 3.89. The van der Waals surface area contributed by atoms with Gasteiger partial charge in [0.05, 0.1) is 12.1 Å². The van der Waals surface area contributed by atoms with Gasteiger partial charge in [0.15, 0.2) is 0 Å². The molecule has 0 spiro atoms. The number of halogens is 2. The lowest BCUT2D eigenvalue weighted by atomic mass is 10.1. The summed E-state index contributed by atoms with van der Waals surface area (Å²) >= 11 is 0. The Hall–Kier alpha value is -1.75. The van der Waals surface area contributed by atoms with Crippen molar-refractivity contribution < 1.29 is 13.5 Å². The van der Waals surface area contributed by atoms with Crippen LogP contribution in [0.1, 0.15) is 17.7 Å². The summed E-state index contributed by atoms with van der Waals surface area (Å²) in [5.41, 5.74) is 1.78. The molecule has 96 valence electrons. The van der Waals surface area contributed by atoms with Gasteiger partial charge in [0, 0.05) is 30.8 Å². The van der Waals surface area contributed by atoms with E-state index in [1.165, 1.54) is 6.07 Å². The van der Waals surface area contributed by atoms with Crippen LogP contribution in [0.2, 0.25) is 0 Å². The van der Waals surface area contributed by atoms with Crippen molar-refractivity contribution in [1.29, 1.82) is 0 Å². The fraction of sp³-hybridized carbons (Fsp3) is 0.308. The maximum Gasteiger partial charge on any atom is 0.280 e. The number of alkyl halides is 2. The molecular formula is C13H14F2N2O. The van der Waals surface area contributed by atoms with Gasteiger partial charge in [-0.15, -0.1) is 0 Å². The number of rotatable bonds is 4. The summed E-state index contributed by atoms with van der Waals surface area (Å²) in [6.45, 7) is 0.347. The lowest BCUT2D eigenvalue weighted by Crippen LogP contribution is -2.00. The van der Waals surface area contributed by atoms with Crippen molar-refractivity contribution in [2.45, 2.75) is 13.0 Å². The molecule has 2 rings (SSSR count). The Bertz CT molecular complexity index is 558. The fourth-order valence-electron chi connectivity index (χ4n) is 1.92. The molecule has 1 N–H and O–H groups in total. The van der Waals surface area contributed by atoms with Gasteiger partial charge < -0.3 is 10.1 Å². The predicted octanol–water partition coefficient (Wildman–Crippen LogP) is 3.36. The van der Waals surface area contributed by atoms with Crippen LogP contribution in [0.25, 0.3) is 10.9 Å². The van der Waals surface area contributed by atoms with Crippen molar-refractivity contribution in [2.75, 3.05) is 19.5 Å². The smallest absolute Gasteiger partial charge is 0.280 e. The van der Waals surface area contributed by atoms with Crippen LogP contribution in [-0.4, -0.2) is 19.1 Å². The number of ether oxygens (including phenoxy) is 1. The highest BCUT2D eigenvalue weighted by Gasteiger charge is 2.14. The Morgan fingerprint density at radius 3 is 2.78 bits per heavy atom. The van der Waals surface area contributed by atoms with Crippen molar-refractivity contribution >= 4 is 16.6 Å². The Labute approximate surface area is 104 Å². The van der Waals surface area contributed by atoms with Crippen LogP contribution in [0.3, 0.4) is 0 Å². The van der Waals surface area contributed by atoms with E-state index in [9.17, 15) is 8.78 Å². The van der Waals surface area contributed by atoms with Crippen LogP contribution in [-0.2, 0) is 11.3 Å². The lowest BCUT2D eigenvalue weighted by molar-refractivity contribution is 0.146. The molecular weight excluding hydrogens is 238 g/mol. The molecule has 0 aliphatic carbocycles. The molecule has 0 saturated heterocycles. The first-order chi connectivity index (χ1) is 8.67. The average Bonchev–Trinajstić information content (AvgIpc) is 2.38. The molecule has 0 amide bonds. The van der Waals surface area contributed by atoms with Gasteiger partial charge >= 0.3 is 0 Å². The average molecular weight is 252 g/mol. The predicted molar refractivity (Wildman–Crippen MR) is 67.0 cm³/mol. The van der Waals surface area contributed by atoms with Crippen molar-refractivity contribution in [3.8, 4) is 0 Å². The Morgan fingerprint density at radius 1 is 1.39 bits per heavy atom. The van der Waals surface area contributed by atoms with E-state index in [0.29, 0.717) is 17.8 Å². The first kappa shape index (κ1) is 12.7. The molecule has 18 heavy (non-hydrogen) atoms. The van der Waals surface area contributed by atoms with Gasteiger partial charge in [0.25, 0.3) is 6.43 Å². The van der Waals surface area contributed by atoms with E-state index in [4.69, 9.17) is 4.74 Å². The molecule has 0 radical (unpaired) electrons. The summed E-state index contributed by atoms with van der Waals surface area (Å²) in [6.07, 6.45) is -2.59. The third kappa shape index (κ3) is 2.26. The van der Waals surface area contributed by atoms with Crippen LogP contribution < -0.4 is 5.32 Å². The van der Waals surface area contributed by atoms with Gasteiger partial charge in [-0.3, -0.25) is 0 Å². The van der Waals surface area contributed by atoms with Gasteiger partial charge in [-0.05, 0) is 6.07 Å². The minimum absolute atomic E-state index is 0.226. The normalized spacial score (nSPS) is 11.2. The molecule has 1 aromatic carbocycles. The molecule has 0 aliphatic rings. The van der Waals surface area contributed by atoms with Crippen LogP contribution in [0.15, 0.2) is 24.3 Å². The summed E-state index contributed by atoms with van der Waals surface area (Å²) < 4.78 is 30.7. The second kappa shape index (κ2) is 5.27. The van der Waals surface area contributed by atoms with Crippen LogP contribution in [0.5, 0.6) is 0 Å². The lowest BCUT2D eigenvalue weighted by Gasteiger charge is -2.11. The summed E-state index contributed by atoms with van der Waals surface area (Å²) in [4.78, 5) is 4.03. The molecule has 0 bridgehead atoms. The van der Waals surface area contributed by atoms with E-state index in [1.54, 1.807) is 14.2 Å². The van der Waals surface area contributed by atoms with Crippen LogP contribution in [0, 0.1) is 0 Å². The van der Waals surface area contributed by atoms with E-state index < -0.39 is 6.43 Å². The summed E-state index contributed by atoms with van der Waals surface area (Å²) in [7, 11) is 3.27. The van der Waals surface area contributed by atoms with Crippen molar-refractivity contribution in [1.82, 2.24) is 4.98 Å². The second-order valence-corrected chi connectivity index (χ2v) is 3.89. The molecule has 0 saturated carbocycles. The number of nitrogens with one attached hydrogen (secondary N) is 1. The third-order valence-corrected chi connectivity index (χ3v) is 2.74. The maximum absolute atomic E-state index is 12.8. The van der Waals surface area contributed by atoms with Crippen molar-refractivity contribution in [3.63, 3.8) is 0 Å². The number of fused-ring (bicyclic) bond motifs is 1. The maximum atomic E-state index is 12.8. The highest BCUT2D eigenvalue weighted by Crippen LogP contribution is 2.29. The van der Waals surface area contributed by atoms with Crippen molar-refractivity contribution in [3.05, 3.63) is 35.5 Å². The number of methoxy groups -OCH3 is 1.